The van der Waals surface area contributed by atoms with Crippen molar-refractivity contribution in [3.05, 3.63) is 56.9 Å². The second-order valence-electron chi connectivity index (χ2n) is 5.99. The number of ether oxygens (including phenoxy) is 1. The number of carbonyl (C=O) groups is 1. The smallest absolute Gasteiger partial charge is 0.266 e. The maximum atomic E-state index is 12.6. The molecule has 0 spiro atoms. The van der Waals surface area contributed by atoms with Crippen LogP contribution in [0.5, 0.6) is 11.5 Å². The first-order valence-electron chi connectivity index (χ1n) is 8.37. The summed E-state index contributed by atoms with van der Waals surface area (Å²) in [7, 11) is 1.71. The fraction of sp³-hybridized carbons (Fsp3) is 0.200. The van der Waals surface area contributed by atoms with E-state index in [1.165, 1.54) is 16.7 Å². The van der Waals surface area contributed by atoms with E-state index < -0.39 is 0 Å². The third kappa shape index (κ3) is 4.36. The summed E-state index contributed by atoms with van der Waals surface area (Å²) in [6.45, 7) is 4.30. The summed E-state index contributed by atoms with van der Waals surface area (Å²) in [5.74, 6) is 0.298. The van der Waals surface area contributed by atoms with Crippen LogP contribution in [-0.4, -0.2) is 34.7 Å². The van der Waals surface area contributed by atoms with Gasteiger partial charge in [-0.1, -0.05) is 17.7 Å². The van der Waals surface area contributed by atoms with Crippen molar-refractivity contribution in [2.24, 2.45) is 4.99 Å². The van der Waals surface area contributed by atoms with E-state index in [2.05, 4.69) is 20.9 Å². The number of amidine groups is 1. The minimum atomic E-state index is -0.118. The molecule has 0 atom stereocenters. The van der Waals surface area contributed by atoms with Crippen molar-refractivity contribution in [2.45, 2.75) is 13.8 Å². The summed E-state index contributed by atoms with van der Waals surface area (Å²) in [6, 6.07) is 11.3. The number of hydrogen-bond acceptors (Lipinski definition) is 5. The largest absolute Gasteiger partial charge is 0.503 e. The van der Waals surface area contributed by atoms with Crippen LogP contribution >= 0.6 is 27.7 Å². The van der Waals surface area contributed by atoms with Crippen molar-refractivity contribution in [3.63, 3.8) is 0 Å². The topological polar surface area (TPSA) is 62.1 Å². The fourth-order valence-corrected chi connectivity index (χ4v) is 3.92. The predicted octanol–water partition coefficient (Wildman–Crippen LogP) is 5.10. The van der Waals surface area contributed by atoms with Crippen LogP contribution < -0.4 is 4.74 Å². The van der Waals surface area contributed by atoms with Crippen LogP contribution in [0.15, 0.2) is 50.8 Å². The van der Waals surface area contributed by atoms with Crippen molar-refractivity contribution in [1.29, 1.82) is 0 Å². The molecule has 0 aliphatic carbocycles. The average molecular weight is 447 g/mol. The van der Waals surface area contributed by atoms with Crippen molar-refractivity contribution >= 4 is 50.5 Å². The first-order chi connectivity index (χ1) is 12.9. The van der Waals surface area contributed by atoms with Crippen molar-refractivity contribution < 1.29 is 14.6 Å². The monoisotopic (exact) mass is 446 g/mol. The van der Waals surface area contributed by atoms with Crippen LogP contribution in [-0.2, 0) is 4.79 Å². The number of hydrogen-bond donors (Lipinski definition) is 1. The van der Waals surface area contributed by atoms with Gasteiger partial charge in [-0.2, -0.15) is 0 Å². The number of amides is 1. The lowest BCUT2D eigenvalue weighted by Crippen LogP contribution is -2.23. The molecule has 3 rings (SSSR count). The number of rotatable bonds is 4. The van der Waals surface area contributed by atoms with Crippen LogP contribution in [0.4, 0.5) is 5.69 Å². The Morgan fingerprint density at radius 1 is 1.30 bits per heavy atom. The van der Waals surface area contributed by atoms with Crippen molar-refractivity contribution in [1.82, 2.24) is 4.90 Å². The van der Waals surface area contributed by atoms with Gasteiger partial charge in [0.1, 0.15) is 0 Å². The Labute approximate surface area is 170 Å². The zero-order valence-corrected chi connectivity index (χ0v) is 17.6. The van der Waals surface area contributed by atoms with Gasteiger partial charge in [0, 0.05) is 7.05 Å². The summed E-state index contributed by atoms with van der Waals surface area (Å²) in [6.07, 6.45) is 1.77. The van der Waals surface area contributed by atoms with Crippen LogP contribution in [0.3, 0.4) is 0 Å². The summed E-state index contributed by atoms with van der Waals surface area (Å²) >= 11 is 4.64. The number of halogens is 1. The van der Waals surface area contributed by atoms with Crippen LogP contribution in [0.2, 0.25) is 0 Å². The van der Waals surface area contributed by atoms with Gasteiger partial charge in [-0.25, -0.2) is 4.99 Å². The molecule has 27 heavy (non-hydrogen) atoms. The molecular formula is C20H19BrN2O3S. The Kier molecular flexibility index (Phi) is 5.92. The second kappa shape index (κ2) is 8.19. The molecule has 1 N–H and O–H groups in total. The van der Waals surface area contributed by atoms with Gasteiger partial charge in [0.25, 0.3) is 5.91 Å². The molecule has 1 saturated heterocycles. The first kappa shape index (κ1) is 19.5. The standard InChI is InChI=1S/C20H19BrN2O3S/c1-4-26-16-10-13(9-15(21)18(16)24)11-17-19(25)23(3)20(27-17)22-14-7-5-12(2)6-8-14/h5-11,24H,4H2,1-3H3/b17-11+,22-20?. The molecule has 1 aliphatic rings. The van der Waals surface area contributed by atoms with Gasteiger partial charge in [0.2, 0.25) is 0 Å². The molecule has 1 fully saturated rings. The number of thioether (sulfide) groups is 1. The zero-order chi connectivity index (χ0) is 19.6. The SMILES string of the molecule is CCOc1cc(/C=C2/SC(=Nc3ccc(C)cc3)N(C)C2=O)cc(Br)c1O. The zero-order valence-electron chi connectivity index (χ0n) is 15.2. The average Bonchev–Trinajstić information content (AvgIpc) is 2.89. The molecule has 0 unspecified atom stereocenters. The van der Waals surface area contributed by atoms with E-state index in [4.69, 9.17) is 4.74 Å². The highest BCUT2D eigenvalue weighted by Crippen LogP contribution is 2.38. The quantitative estimate of drug-likeness (QED) is 0.663. The number of aryl methyl sites for hydroxylation is 1. The molecule has 1 amide bonds. The minimum Gasteiger partial charge on any atom is -0.503 e. The van der Waals surface area contributed by atoms with Crippen LogP contribution in [0, 0.1) is 6.92 Å². The molecule has 2 aromatic rings. The molecule has 0 saturated carbocycles. The van der Waals surface area contributed by atoms with Gasteiger partial charge in [0.05, 0.1) is 21.7 Å². The molecular weight excluding hydrogens is 428 g/mol. The summed E-state index contributed by atoms with van der Waals surface area (Å²) in [5.41, 5.74) is 2.71. The number of carbonyl (C=O) groups excluding carboxylic acids is 1. The maximum Gasteiger partial charge on any atom is 0.266 e. The number of aromatic hydroxyl groups is 1. The lowest BCUT2D eigenvalue weighted by Gasteiger charge is -2.09. The van der Waals surface area contributed by atoms with Gasteiger partial charge >= 0.3 is 0 Å². The summed E-state index contributed by atoms with van der Waals surface area (Å²) < 4.78 is 5.96. The van der Waals surface area contributed by atoms with E-state index in [9.17, 15) is 9.90 Å². The highest BCUT2D eigenvalue weighted by atomic mass is 79.9. The third-order valence-corrected chi connectivity index (χ3v) is 5.58. The predicted molar refractivity (Wildman–Crippen MR) is 114 cm³/mol. The fourth-order valence-electron chi connectivity index (χ4n) is 2.48. The van der Waals surface area contributed by atoms with E-state index in [1.807, 2.05) is 38.1 Å². The Morgan fingerprint density at radius 3 is 2.67 bits per heavy atom. The molecule has 7 heteroatoms. The number of nitrogens with zero attached hydrogens (tertiary/aromatic N) is 2. The number of likely N-dealkylation sites (N-methyl/N-ethyl adjacent to an activating group) is 1. The van der Waals surface area contributed by atoms with Gasteiger partial charge in [-0.3, -0.25) is 9.69 Å². The minimum absolute atomic E-state index is 0.0446. The number of benzene rings is 2. The highest BCUT2D eigenvalue weighted by molar-refractivity contribution is 9.10. The van der Waals surface area contributed by atoms with Gasteiger partial charge in [-0.05, 0) is 77.4 Å². The Morgan fingerprint density at radius 2 is 2.00 bits per heavy atom. The molecule has 140 valence electrons. The Bertz CT molecular complexity index is 939. The Balaban J connectivity index is 1.91. The number of phenols is 1. The second-order valence-corrected chi connectivity index (χ2v) is 7.85. The maximum absolute atomic E-state index is 12.6. The van der Waals surface area contributed by atoms with Crippen molar-refractivity contribution in [3.8, 4) is 11.5 Å². The molecule has 2 aromatic carbocycles. The third-order valence-electron chi connectivity index (χ3n) is 3.91. The lowest BCUT2D eigenvalue weighted by atomic mass is 10.2. The van der Waals surface area contributed by atoms with E-state index in [0.29, 0.717) is 26.9 Å². The van der Waals surface area contributed by atoms with E-state index in [1.54, 1.807) is 25.3 Å². The van der Waals surface area contributed by atoms with E-state index >= 15 is 0 Å². The molecule has 0 radical (unpaired) electrons. The Hall–Kier alpha value is -2.25. The van der Waals surface area contributed by atoms with E-state index in [0.717, 1.165) is 16.8 Å². The molecule has 1 heterocycles. The molecule has 0 aromatic heterocycles. The number of phenolic OH excluding ortho intramolecular Hbond substituents is 1. The molecule has 0 bridgehead atoms. The van der Waals surface area contributed by atoms with Gasteiger partial charge < -0.3 is 9.84 Å². The van der Waals surface area contributed by atoms with Gasteiger partial charge in [0.15, 0.2) is 16.7 Å². The normalized spacial score (nSPS) is 17.2. The van der Waals surface area contributed by atoms with Gasteiger partial charge in [-0.15, -0.1) is 0 Å². The number of aliphatic imine (C=N–C) groups is 1. The van der Waals surface area contributed by atoms with E-state index in [-0.39, 0.29) is 11.7 Å². The lowest BCUT2D eigenvalue weighted by molar-refractivity contribution is -0.121. The summed E-state index contributed by atoms with van der Waals surface area (Å²) in [5, 5.41) is 10.7. The highest BCUT2D eigenvalue weighted by Gasteiger charge is 2.30. The molecule has 5 nitrogen and oxygen atoms in total. The molecule has 1 aliphatic heterocycles. The summed E-state index contributed by atoms with van der Waals surface area (Å²) in [4.78, 5) is 19.3. The van der Waals surface area contributed by atoms with Crippen LogP contribution in [0.25, 0.3) is 6.08 Å². The van der Waals surface area contributed by atoms with Crippen LogP contribution in [0.1, 0.15) is 18.1 Å². The first-order valence-corrected chi connectivity index (χ1v) is 9.98. The van der Waals surface area contributed by atoms with Crippen molar-refractivity contribution in [2.75, 3.05) is 13.7 Å².